The Morgan fingerprint density at radius 1 is 1.00 bits per heavy atom. The van der Waals surface area contributed by atoms with E-state index in [1.807, 2.05) is 25.2 Å². The highest BCUT2D eigenvalue weighted by Gasteiger charge is 2.17. The SMILES string of the molecule is CNC(c1cccc(N(C)C)c1)c1cc2ccccc2o1. The molecule has 1 N–H and O–H groups in total. The largest absolute Gasteiger partial charge is 0.459 e. The van der Waals surface area contributed by atoms with Crippen molar-refractivity contribution in [3.63, 3.8) is 0 Å². The Hall–Kier alpha value is -2.26. The first-order valence-electron chi connectivity index (χ1n) is 7.12. The van der Waals surface area contributed by atoms with Crippen LogP contribution in [0.2, 0.25) is 0 Å². The van der Waals surface area contributed by atoms with E-state index in [0.29, 0.717) is 0 Å². The van der Waals surface area contributed by atoms with Gasteiger partial charge in [0, 0.05) is 25.2 Å². The second kappa shape index (κ2) is 5.62. The summed E-state index contributed by atoms with van der Waals surface area (Å²) in [5, 5.41) is 4.49. The number of nitrogens with zero attached hydrogens (tertiary/aromatic N) is 1. The standard InChI is InChI=1S/C18H20N2O/c1-19-18(14-8-6-9-15(11-14)20(2)3)17-12-13-7-4-5-10-16(13)21-17/h4-12,18-19H,1-3H3. The summed E-state index contributed by atoms with van der Waals surface area (Å²) in [5.41, 5.74) is 3.31. The minimum Gasteiger partial charge on any atom is -0.459 e. The van der Waals surface area contributed by atoms with E-state index >= 15 is 0 Å². The summed E-state index contributed by atoms with van der Waals surface area (Å²) in [6, 6.07) is 18.8. The first-order chi connectivity index (χ1) is 10.2. The van der Waals surface area contributed by atoms with E-state index in [4.69, 9.17) is 4.42 Å². The average molecular weight is 280 g/mol. The predicted molar refractivity (Wildman–Crippen MR) is 87.9 cm³/mol. The van der Waals surface area contributed by atoms with Crippen LogP contribution in [-0.2, 0) is 0 Å². The Kier molecular flexibility index (Phi) is 3.67. The van der Waals surface area contributed by atoms with Crippen molar-refractivity contribution in [2.75, 3.05) is 26.0 Å². The summed E-state index contributed by atoms with van der Waals surface area (Å²) in [7, 11) is 6.06. The van der Waals surface area contributed by atoms with Gasteiger partial charge in [-0.1, -0.05) is 30.3 Å². The Labute approximate surface area is 125 Å². The van der Waals surface area contributed by atoms with Crippen LogP contribution >= 0.6 is 0 Å². The lowest BCUT2D eigenvalue weighted by Gasteiger charge is -2.18. The molecule has 3 aromatic rings. The van der Waals surface area contributed by atoms with Crippen LogP contribution in [-0.4, -0.2) is 21.1 Å². The molecule has 3 rings (SSSR count). The molecule has 1 atom stereocenters. The van der Waals surface area contributed by atoms with Crippen molar-refractivity contribution < 1.29 is 4.42 Å². The highest BCUT2D eigenvalue weighted by atomic mass is 16.3. The Balaban J connectivity index is 2.03. The molecular formula is C18H20N2O. The van der Waals surface area contributed by atoms with Crippen LogP contribution in [0.1, 0.15) is 17.4 Å². The number of anilines is 1. The van der Waals surface area contributed by atoms with E-state index in [-0.39, 0.29) is 6.04 Å². The second-order valence-corrected chi connectivity index (χ2v) is 5.40. The lowest BCUT2D eigenvalue weighted by Crippen LogP contribution is -2.18. The molecule has 0 saturated carbocycles. The van der Waals surface area contributed by atoms with Crippen LogP contribution in [0, 0.1) is 0 Å². The molecule has 108 valence electrons. The van der Waals surface area contributed by atoms with Gasteiger partial charge in [-0.05, 0) is 36.9 Å². The molecule has 2 aromatic carbocycles. The summed E-state index contributed by atoms with van der Waals surface area (Å²) in [4.78, 5) is 2.11. The molecule has 0 spiro atoms. The maximum Gasteiger partial charge on any atom is 0.134 e. The van der Waals surface area contributed by atoms with E-state index in [1.165, 1.54) is 11.3 Å². The van der Waals surface area contributed by atoms with Gasteiger partial charge in [0.1, 0.15) is 11.3 Å². The third-order valence-electron chi connectivity index (χ3n) is 3.74. The molecule has 0 radical (unpaired) electrons. The second-order valence-electron chi connectivity index (χ2n) is 5.40. The molecular weight excluding hydrogens is 260 g/mol. The van der Waals surface area contributed by atoms with E-state index in [0.717, 1.165) is 16.7 Å². The summed E-state index contributed by atoms with van der Waals surface area (Å²) in [5.74, 6) is 0.939. The summed E-state index contributed by atoms with van der Waals surface area (Å²) in [6.07, 6.45) is 0. The van der Waals surface area contributed by atoms with Crippen LogP contribution < -0.4 is 10.2 Å². The molecule has 0 aliphatic rings. The number of hydrogen-bond donors (Lipinski definition) is 1. The number of para-hydroxylation sites is 1. The smallest absolute Gasteiger partial charge is 0.134 e. The van der Waals surface area contributed by atoms with Crippen LogP contribution in [0.4, 0.5) is 5.69 Å². The summed E-state index contributed by atoms with van der Waals surface area (Å²) in [6.45, 7) is 0. The molecule has 0 saturated heterocycles. The molecule has 0 aliphatic heterocycles. The van der Waals surface area contributed by atoms with Crippen molar-refractivity contribution >= 4 is 16.7 Å². The third kappa shape index (κ3) is 2.65. The number of benzene rings is 2. The van der Waals surface area contributed by atoms with Gasteiger partial charge in [0.2, 0.25) is 0 Å². The first-order valence-corrected chi connectivity index (χ1v) is 7.12. The Morgan fingerprint density at radius 3 is 2.52 bits per heavy atom. The quantitative estimate of drug-likeness (QED) is 0.788. The molecule has 1 aromatic heterocycles. The van der Waals surface area contributed by atoms with Gasteiger partial charge in [-0.25, -0.2) is 0 Å². The van der Waals surface area contributed by atoms with E-state index in [2.05, 4.69) is 60.7 Å². The number of fused-ring (bicyclic) bond motifs is 1. The third-order valence-corrected chi connectivity index (χ3v) is 3.74. The fraction of sp³-hybridized carbons (Fsp3) is 0.222. The van der Waals surface area contributed by atoms with Gasteiger partial charge in [-0.15, -0.1) is 0 Å². The fourth-order valence-electron chi connectivity index (χ4n) is 2.60. The first kappa shape index (κ1) is 13.7. The number of furan rings is 1. The fourth-order valence-corrected chi connectivity index (χ4v) is 2.60. The Morgan fingerprint density at radius 2 is 1.81 bits per heavy atom. The monoisotopic (exact) mass is 280 g/mol. The van der Waals surface area contributed by atoms with Crippen LogP contribution in [0.5, 0.6) is 0 Å². The van der Waals surface area contributed by atoms with Crippen molar-refractivity contribution in [1.29, 1.82) is 0 Å². The van der Waals surface area contributed by atoms with Crippen LogP contribution in [0.15, 0.2) is 59.0 Å². The topological polar surface area (TPSA) is 28.4 Å². The minimum absolute atomic E-state index is 0.0531. The van der Waals surface area contributed by atoms with Crippen molar-refractivity contribution in [1.82, 2.24) is 5.32 Å². The van der Waals surface area contributed by atoms with Crippen molar-refractivity contribution in [2.45, 2.75) is 6.04 Å². The maximum absolute atomic E-state index is 6.00. The van der Waals surface area contributed by atoms with Gasteiger partial charge in [-0.2, -0.15) is 0 Å². The molecule has 0 amide bonds. The molecule has 1 unspecified atom stereocenters. The van der Waals surface area contributed by atoms with Crippen molar-refractivity contribution in [2.24, 2.45) is 0 Å². The number of rotatable bonds is 4. The summed E-state index contributed by atoms with van der Waals surface area (Å²) >= 11 is 0. The lowest BCUT2D eigenvalue weighted by atomic mass is 10.0. The van der Waals surface area contributed by atoms with Crippen molar-refractivity contribution in [3.8, 4) is 0 Å². The van der Waals surface area contributed by atoms with Crippen LogP contribution in [0.25, 0.3) is 11.0 Å². The van der Waals surface area contributed by atoms with Gasteiger partial charge < -0.3 is 14.6 Å². The lowest BCUT2D eigenvalue weighted by molar-refractivity contribution is 0.491. The van der Waals surface area contributed by atoms with Gasteiger partial charge in [0.05, 0.1) is 6.04 Å². The van der Waals surface area contributed by atoms with Gasteiger partial charge in [0.25, 0.3) is 0 Å². The molecule has 0 bridgehead atoms. The zero-order valence-corrected chi connectivity index (χ0v) is 12.6. The number of hydrogen-bond acceptors (Lipinski definition) is 3. The molecule has 3 nitrogen and oxygen atoms in total. The van der Waals surface area contributed by atoms with E-state index < -0.39 is 0 Å². The van der Waals surface area contributed by atoms with Gasteiger partial charge in [0.15, 0.2) is 0 Å². The van der Waals surface area contributed by atoms with Crippen molar-refractivity contribution in [3.05, 3.63) is 65.9 Å². The predicted octanol–water partition coefficient (Wildman–Crippen LogP) is 3.81. The van der Waals surface area contributed by atoms with Gasteiger partial charge in [-0.3, -0.25) is 0 Å². The van der Waals surface area contributed by atoms with E-state index in [1.54, 1.807) is 0 Å². The van der Waals surface area contributed by atoms with Crippen LogP contribution in [0.3, 0.4) is 0 Å². The summed E-state index contributed by atoms with van der Waals surface area (Å²) < 4.78 is 6.00. The highest BCUT2D eigenvalue weighted by Crippen LogP contribution is 2.29. The highest BCUT2D eigenvalue weighted by molar-refractivity contribution is 5.78. The molecule has 21 heavy (non-hydrogen) atoms. The number of nitrogens with one attached hydrogen (secondary N) is 1. The Bertz CT molecular complexity index is 713. The molecule has 3 heteroatoms. The molecule has 0 fully saturated rings. The van der Waals surface area contributed by atoms with Gasteiger partial charge >= 0.3 is 0 Å². The zero-order valence-electron chi connectivity index (χ0n) is 12.6. The molecule has 0 aliphatic carbocycles. The maximum atomic E-state index is 6.00. The van der Waals surface area contributed by atoms with E-state index in [9.17, 15) is 0 Å². The zero-order chi connectivity index (χ0) is 14.8. The minimum atomic E-state index is 0.0531. The molecule has 1 heterocycles. The average Bonchev–Trinajstić information content (AvgIpc) is 2.91. The normalized spacial score (nSPS) is 12.5.